The zero-order chi connectivity index (χ0) is 25.2. The number of aromatic nitrogens is 1. The Hall–Kier alpha value is -4.46. The molecule has 1 heterocycles. The van der Waals surface area contributed by atoms with Crippen molar-refractivity contribution in [2.24, 2.45) is 4.99 Å². The zero-order valence-electron chi connectivity index (χ0n) is 17.9. The monoisotopic (exact) mass is 470 g/mol. The lowest BCUT2D eigenvalue weighted by molar-refractivity contribution is -0.384. The zero-order valence-corrected chi connectivity index (χ0v) is 17.9. The van der Waals surface area contributed by atoms with Crippen LogP contribution in [0.2, 0.25) is 0 Å². The number of rotatable bonds is 5. The van der Waals surface area contributed by atoms with E-state index in [1.165, 1.54) is 6.92 Å². The van der Waals surface area contributed by atoms with Gasteiger partial charge >= 0.3 is 6.18 Å². The van der Waals surface area contributed by atoms with Gasteiger partial charge in [-0.2, -0.15) is 18.4 Å². The quantitative estimate of drug-likeness (QED) is 0.319. The van der Waals surface area contributed by atoms with E-state index >= 15 is 0 Å². The summed E-state index contributed by atoms with van der Waals surface area (Å²) >= 11 is 0. The van der Waals surface area contributed by atoms with Crippen molar-refractivity contribution in [2.45, 2.75) is 26.1 Å². The summed E-state index contributed by atoms with van der Waals surface area (Å²) in [4.78, 5) is 27.1. The van der Waals surface area contributed by atoms with E-state index in [2.05, 4.69) is 4.99 Å². The molecule has 1 aromatic heterocycles. The molecule has 0 saturated heterocycles. The van der Waals surface area contributed by atoms with E-state index in [9.17, 15) is 38.4 Å². The predicted molar refractivity (Wildman–Crippen MR) is 117 cm³/mol. The lowest BCUT2D eigenvalue weighted by Gasteiger charge is -2.20. The molecule has 34 heavy (non-hydrogen) atoms. The van der Waals surface area contributed by atoms with Crippen molar-refractivity contribution in [3.8, 4) is 11.9 Å². The molecular formula is C23H17F3N4O4. The Kier molecular flexibility index (Phi) is 6.54. The summed E-state index contributed by atoms with van der Waals surface area (Å²) in [6.07, 6.45) is -3.80. The fourth-order valence-corrected chi connectivity index (χ4v) is 3.42. The van der Waals surface area contributed by atoms with Crippen LogP contribution in [-0.2, 0) is 6.18 Å². The molecule has 8 nitrogen and oxygen atoms in total. The van der Waals surface area contributed by atoms with Crippen LogP contribution in [0.25, 0.3) is 0 Å². The Morgan fingerprint density at radius 2 is 1.88 bits per heavy atom. The maximum absolute atomic E-state index is 12.9. The van der Waals surface area contributed by atoms with Crippen molar-refractivity contribution < 1.29 is 23.2 Å². The third kappa shape index (κ3) is 4.52. The SMILES string of the molecule is Cc1c(C=Nc2ccc(C(F)(F)F)cc2[N+](=O)[O-])c(O)n(C(C)c2ccccc2)c(=O)c1C#N. The van der Waals surface area contributed by atoms with E-state index in [-0.39, 0.29) is 16.7 Å². The highest BCUT2D eigenvalue weighted by molar-refractivity contribution is 5.88. The van der Waals surface area contributed by atoms with Gasteiger partial charge in [-0.3, -0.25) is 19.5 Å². The van der Waals surface area contributed by atoms with E-state index in [1.807, 2.05) is 0 Å². The maximum atomic E-state index is 12.9. The van der Waals surface area contributed by atoms with Crippen LogP contribution in [0.3, 0.4) is 0 Å². The Balaban J connectivity index is 2.19. The van der Waals surface area contributed by atoms with Crippen LogP contribution in [-0.4, -0.2) is 20.8 Å². The van der Waals surface area contributed by atoms with Crippen molar-refractivity contribution in [1.82, 2.24) is 4.57 Å². The number of nitrogens with zero attached hydrogens (tertiary/aromatic N) is 4. The standard InChI is InChI=1S/C23H17F3N4O4/c1-13-17(11-27)21(31)29(14(2)15-6-4-3-5-7-15)22(32)18(13)12-28-19-9-8-16(23(24,25)26)10-20(19)30(33)34/h3-10,12,14,32H,1-2H3. The molecule has 3 aromatic rings. The first-order valence-corrected chi connectivity index (χ1v) is 9.80. The van der Waals surface area contributed by atoms with E-state index in [0.29, 0.717) is 17.7 Å². The van der Waals surface area contributed by atoms with Gasteiger partial charge in [0.15, 0.2) is 0 Å². The van der Waals surface area contributed by atoms with E-state index < -0.39 is 45.5 Å². The molecule has 2 aromatic carbocycles. The predicted octanol–water partition coefficient (Wildman–Crippen LogP) is 5.02. The van der Waals surface area contributed by atoms with Crippen molar-refractivity contribution in [2.75, 3.05) is 0 Å². The van der Waals surface area contributed by atoms with Gasteiger partial charge in [0, 0.05) is 12.3 Å². The first-order valence-electron chi connectivity index (χ1n) is 9.80. The number of nitro benzene ring substituents is 1. The summed E-state index contributed by atoms with van der Waals surface area (Å²) in [5.41, 5.74) is -2.87. The fourth-order valence-electron chi connectivity index (χ4n) is 3.42. The van der Waals surface area contributed by atoms with Crippen LogP contribution in [0.5, 0.6) is 5.88 Å². The number of pyridine rings is 1. The van der Waals surface area contributed by atoms with Crippen LogP contribution in [0.4, 0.5) is 24.5 Å². The molecule has 11 heteroatoms. The minimum atomic E-state index is -4.79. The Bertz CT molecular complexity index is 1390. The topological polar surface area (TPSA) is 122 Å². The van der Waals surface area contributed by atoms with E-state index in [1.54, 1.807) is 43.3 Å². The summed E-state index contributed by atoms with van der Waals surface area (Å²) in [5.74, 6) is -0.545. The van der Waals surface area contributed by atoms with Gasteiger partial charge in [-0.15, -0.1) is 0 Å². The molecule has 0 amide bonds. The highest BCUT2D eigenvalue weighted by atomic mass is 19.4. The van der Waals surface area contributed by atoms with E-state index in [0.717, 1.165) is 16.8 Å². The number of hydrogen-bond donors (Lipinski definition) is 1. The summed E-state index contributed by atoms with van der Waals surface area (Å²) in [7, 11) is 0. The number of aliphatic imine (C=N–C) groups is 1. The fraction of sp³-hybridized carbons (Fsp3) is 0.174. The number of nitriles is 1. The number of benzene rings is 2. The molecule has 0 bridgehead atoms. The van der Waals surface area contributed by atoms with Crippen LogP contribution in [0.1, 0.15) is 40.8 Å². The second kappa shape index (κ2) is 9.19. The Morgan fingerprint density at radius 1 is 1.24 bits per heavy atom. The minimum absolute atomic E-state index is 0.0693. The summed E-state index contributed by atoms with van der Waals surface area (Å²) in [5, 5.41) is 31.7. The molecular weight excluding hydrogens is 453 g/mol. The molecule has 0 aliphatic heterocycles. The molecule has 0 aliphatic carbocycles. The van der Waals surface area contributed by atoms with Gasteiger partial charge in [-0.1, -0.05) is 30.3 Å². The lowest BCUT2D eigenvalue weighted by atomic mass is 10.0. The molecule has 0 fully saturated rings. The molecule has 0 radical (unpaired) electrons. The van der Waals surface area contributed by atoms with Crippen molar-refractivity contribution in [3.05, 3.63) is 96.8 Å². The van der Waals surface area contributed by atoms with Crippen molar-refractivity contribution in [3.63, 3.8) is 0 Å². The average molecular weight is 470 g/mol. The lowest BCUT2D eigenvalue weighted by Crippen LogP contribution is -2.28. The average Bonchev–Trinajstić information content (AvgIpc) is 2.79. The Labute approximate surface area is 191 Å². The van der Waals surface area contributed by atoms with Crippen LogP contribution < -0.4 is 5.56 Å². The molecule has 1 unspecified atom stereocenters. The maximum Gasteiger partial charge on any atom is 0.416 e. The third-order valence-corrected chi connectivity index (χ3v) is 5.29. The van der Waals surface area contributed by atoms with Crippen molar-refractivity contribution in [1.29, 1.82) is 5.26 Å². The van der Waals surface area contributed by atoms with E-state index in [4.69, 9.17) is 0 Å². The molecule has 0 saturated carbocycles. The van der Waals surface area contributed by atoms with Crippen molar-refractivity contribution >= 4 is 17.6 Å². The normalized spacial score (nSPS) is 12.5. The number of alkyl halides is 3. The summed E-state index contributed by atoms with van der Waals surface area (Å²) < 4.78 is 39.8. The number of nitro groups is 1. The van der Waals surface area contributed by atoms with Gasteiger partial charge in [0.25, 0.3) is 11.2 Å². The first-order chi connectivity index (χ1) is 16.0. The number of hydrogen-bond acceptors (Lipinski definition) is 6. The molecule has 0 aliphatic rings. The summed E-state index contributed by atoms with van der Waals surface area (Å²) in [6.45, 7) is 3.02. The molecule has 1 atom stereocenters. The smallest absolute Gasteiger partial charge is 0.416 e. The largest absolute Gasteiger partial charge is 0.494 e. The highest BCUT2D eigenvalue weighted by Gasteiger charge is 2.33. The second-order valence-electron chi connectivity index (χ2n) is 7.33. The van der Waals surface area contributed by atoms with Crippen LogP contribution in [0.15, 0.2) is 58.3 Å². The number of aromatic hydroxyl groups is 1. The van der Waals surface area contributed by atoms with Gasteiger partial charge < -0.3 is 5.11 Å². The second-order valence-corrected chi connectivity index (χ2v) is 7.33. The molecule has 1 N–H and O–H groups in total. The summed E-state index contributed by atoms with van der Waals surface area (Å²) in [6, 6.07) is 11.6. The van der Waals surface area contributed by atoms with Gasteiger partial charge in [0.2, 0.25) is 5.88 Å². The van der Waals surface area contributed by atoms with Gasteiger partial charge in [-0.25, -0.2) is 4.99 Å². The van der Waals surface area contributed by atoms with Gasteiger partial charge in [0.05, 0.1) is 22.1 Å². The Morgan fingerprint density at radius 3 is 2.44 bits per heavy atom. The van der Waals surface area contributed by atoms with Crippen LogP contribution in [0, 0.1) is 28.4 Å². The first kappa shape index (κ1) is 24.2. The molecule has 174 valence electrons. The van der Waals surface area contributed by atoms with Gasteiger partial charge in [0.1, 0.15) is 17.3 Å². The van der Waals surface area contributed by atoms with Gasteiger partial charge in [-0.05, 0) is 37.1 Å². The molecule has 3 rings (SSSR count). The third-order valence-electron chi connectivity index (χ3n) is 5.29. The van der Waals surface area contributed by atoms with Crippen LogP contribution >= 0.6 is 0 Å². The number of halogens is 3. The minimum Gasteiger partial charge on any atom is -0.494 e. The highest BCUT2D eigenvalue weighted by Crippen LogP contribution is 2.36. The molecule has 0 spiro atoms.